The van der Waals surface area contributed by atoms with E-state index in [1.54, 1.807) is 31.5 Å². The number of carbonyl (C=O) groups is 3. The number of carbonyl (C=O) groups excluding carboxylic acids is 3. The van der Waals surface area contributed by atoms with Gasteiger partial charge in [-0.2, -0.15) is 0 Å². The summed E-state index contributed by atoms with van der Waals surface area (Å²) in [7, 11) is 1.67. The second-order valence-electron chi connectivity index (χ2n) is 10.0. The average molecular weight is 453 g/mol. The molecule has 0 aromatic carbocycles. The van der Waals surface area contributed by atoms with E-state index in [9.17, 15) is 14.4 Å². The van der Waals surface area contributed by atoms with Crippen LogP contribution in [0.25, 0.3) is 0 Å². The summed E-state index contributed by atoms with van der Waals surface area (Å²) >= 11 is 1.35. The van der Waals surface area contributed by atoms with Gasteiger partial charge in [-0.05, 0) is 55.1 Å². The SMILES string of the molecule is C=C/C=N\C(=NC)SCC(=O)C1CCC2C3CCC4=CC(=O)C=CC4(C)C3C(=O)CC12C. The fourth-order valence-corrected chi connectivity index (χ4v) is 7.81. The summed E-state index contributed by atoms with van der Waals surface area (Å²) in [5, 5.41) is 0.566. The van der Waals surface area contributed by atoms with Crippen LogP contribution in [0.15, 0.2) is 46.4 Å². The van der Waals surface area contributed by atoms with Crippen LogP contribution in [0.4, 0.5) is 0 Å². The molecular weight excluding hydrogens is 420 g/mol. The van der Waals surface area contributed by atoms with Crippen molar-refractivity contribution in [2.45, 2.75) is 46.0 Å². The van der Waals surface area contributed by atoms with E-state index in [4.69, 9.17) is 0 Å². The van der Waals surface area contributed by atoms with Crippen molar-refractivity contribution in [2.75, 3.05) is 12.8 Å². The molecule has 0 heterocycles. The first-order valence-corrected chi connectivity index (χ1v) is 12.5. The lowest BCUT2D eigenvalue weighted by atomic mass is 9.47. The standard InChI is InChI=1S/C26H32N2O3S/c1-5-12-28-24(27-4)32-15-22(31)20-9-8-19-18-7-6-16-13-17(29)10-11-25(16,2)23(18)21(30)14-26(19,20)3/h5,10-13,18-20,23H,1,6-9,14-15H2,2-4H3/b27-24?,28-12-. The second-order valence-corrected chi connectivity index (χ2v) is 11.0. The van der Waals surface area contributed by atoms with Gasteiger partial charge in [0.1, 0.15) is 11.6 Å². The number of Topliss-reactive ketones (excluding diaryl/α,β-unsaturated/α-hetero) is 2. The number of nitrogens with zero attached hydrogens (tertiary/aromatic N) is 2. The van der Waals surface area contributed by atoms with Crippen molar-refractivity contribution in [3.8, 4) is 0 Å². The van der Waals surface area contributed by atoms with Crippen LogP contribution in [0.3, 0.4) is 0 Å². The van der Waals surface area contributed by atoms with Gasteiger partial charge in [-0.25, -0.2) is 4.99 Å². The third-order valence-corrected chi connectivity index (χ3v) is 9.44. The van der Waals surface area contributed by atoms with Crippen LogP contribution in [-0.2, 0) is 14.4 Å². The molecule has 6 heteroatoms. The molecule has 170 valence electrons. The quantitative estimate of drug-likeness (QED) is 0.460. The van der Waals surface area contributed by atoms with Crippen molar-refractivity contribution in [3.63, 3.8) is 0 Å². The number of amidine groups is 1. The molecule has 4 aliphatic rings. The normalized spacial score (nSPS) is 38.8. The van der Waals surface area contributed by atoms with Crippen molar-refractivity contribution >= 4 is 40.5 Å². The van der Waals surface area contributed by atoms with Gasteiger partial charge in [0.2, 0.25) is 0 Å². The number of hydrogen-bond acceptors (Lipinski definition) is 5. The first kappa shape index (κ1) is 23.1. The third-order valence-electron chi connectivity index (χ3n) is 8.47. The topological polar surface area (TPSA) is 75.9 Å². The average Bonchev–Trinajstić information content (AvgIpc) is 3.10. The van der Waals surface area contributed by atoms with E-state index < -0.39 is 0 Å². The summed E-state index contributed by atoms with van der Waals surface area (Å²) in [6.07, 6.45) is 12.6. The number of aliphatic imine (C=N–C) groups is 2. The molecule has 0 saturated heterocycles. The van der Waals surface area contributed by atoms with Crippen LogP contribution in [0.5, 0.6) is 0 Å². The molecule has 0 N–H and O–H groups in total. The largest absolute Gasteiger partial charge is 0.299 e. The molecule has 0 amide bonds. The lowest BCUT2D eigenvalue weighted by Gasteiger charge is -2.55. The summed E-state index contributed by atoms with van der Waals surface area (Å²) in [6.45, 7) is 7.92. The predicted molar refractivity (Wildman–Crippen MR) is 130 cm³/mol. The monoisotopic (exact) mass is 452 g/mol. The van der Waals surface area contributed by atoms with Gasteiger partial charge >= 0.3 is 0 Å². The Kier molecular flexibility index (Phi) is 6.27. The summed E-state index contributed by atoms with van der Waals surface area (Å²) in [5.41, 5.74) is 0.468. The Morgan fingerprint density at radius 2 is 2.06 bits per heavy atom. The Morgan fingerprint density at radius 3 is 2.78 bits per heavy atom. The Bertz CT molecular complexity index is 978. The van der Waals surface area contributed by atoms with Crippen LogP contribution in [0.1, 0.15) is 46.0 Å². The fourth-order valence-electron chi connectivity index (χ4n) is 7.07. The number of fused-ring (bicyclic) bond motifs is 5. The van der Waals surface area contributed by atoms with Crippen molar-refractivity contribution < 1.29 is 14.4 Å². The van der Waals surface area contributed by atoms with E-state index in [0.717, 1.165) is 31.3 Å². The number of thioether (sulfide) groups is 1. The van der Waals surface area contributed by atoms with Gasteiger partial charge in [0.05, 0.1) is 5.75 Å². The molecule has 0 radical (unpaired) electrons. The molecule has 0 spiro atoms. The maximum absolute atomic E-state index is 13.6. The number of rotatable bonds is 4. The van der Waals surface area contributed by atoms with Gasteiger partial charge in [-0.1, -0.05) is 49.9 Å². The Hall–Kier alpha value is -2.08. The summed E-state index contributed by atoms with van der Waals surface area (Å²) in [5.74, 6) is 1.28. The van der Waals surface area contributed by atoms with Gasteiger partial charge < -0.3 is 0 Å². The highest BCUT2D eigenvalue weighted by Crippen LogP contribution is 2.65. The lowest BCUT2D eigenvalue weighted by Crippen LogP contribution is -2.54. The zero-order valence-electron chi connectivity index (χ0n) is 19.2. The van der Waals surface area contributed by atoms with Crippen molar-refractivity contribution in [3.05, 3.63) is 36.5 Å². The van der Waals surface area contributed by atoms with Crippen LogP contribution in [0.2, 0.25) is 0 Å². The molecule has 4 rings (SSSR count). The zero-order valence-corrected chi connectivity index (χ0v) is 20.0. The maximum atomic E-state index is 13.6. The van der Waals surface area contributed by atoms with Crippen LogP contribution >= 0.6 is 11.8 Å². The minimum Gasteiger partial charge on any atom is -0.299 e. The fraction of sp³-hybridized carbons (Fsp3) is 0.577. The Labute approximate surface area is 194 Å². The van der Waals surface area contributed by atoms with Gasteiger partial charge in [-0.3, -0.25) is 19.4 Å². The number of hydrogen-bond donors (Lipinski definition) is 0. The van der Waals surface area contributed by atoms with Crippen molar-refractivity contribution in [1.82, 2.24) is 0 Å². The van der Waals surface area contributed by atoms with Crippen molar-refractivity contribution in [2.24, 2.45) is 44.5 Å². The van der Waals surface area contributed by atoms with Crippen LogP contribution in [0, 0.1) is 34.5 Å². The molecule has 3 saturated carbocycles. The summed E-state index contributed by atoms with van der Waals surface area (Å²) < 4.78 is 0. The van der Waals surface area contributed by atoms with Gasteiger partial charge in [0, 0.05) is 36.9 Å². The second kappa shape index (κ2) is 8.69. The predicted octanol–water partition coefficient (Wildman–Crippen LogP) is 4.63. The third kappa shape index (κ3) is 3.70. The highest BCUT2D eigenvalue weighted by atomic mass is 32.2. The molecule has 0 aromatic rings. The molecule has 32 heavy (non-hydrogen) atoms. The van der Waals surface area contributed by atoms with E-state index in [1.165, 1.54) is 11.8 Å². The minimum absolute atomic E-state index is 0.0282. The number of allylic oxidation sites excluding steroid dienone is 5. The lowest BCUT2D eigenvalue weighted by molar-refractivity contribution is -0.144. The van der Waals surface area contributed by atoms with Gasteiger partial charge in [-0.15, -0.1) is 0 Å². The molecule has 0 aromatic heterocycles. The van der Waals surface area contributed by atoms with Crippen LogP contribution < -0.4 is 0 Å². The molecule has 5 nitrogen and oxygen atoms in total. The molecule has 6 unspecified atom stereocenters. The Morgan fingerprint density at radius 1 is 1.28 bits per heavy atom. The van der Waals surface area contributed by atoms with Crippen LogP contribution in [-0.4, -0.2) is 41.5 Å². The van der Waals surface area contributed by atoms with E-state index in [-0.39, 0.29) is 45.9 Å². The summed E-state index contributed by atoms with van der Waals surface area (Å²) in [6, 6.07) is 0. The molecule has 4 aliphatic carbocycles. The minimum atomic E-state index is -0.358. The molecule has 0 bridgehead atoms. The summed E-state index contributed by atoms with van der Waals surface area (Å²) in [4.78, 5) is 47.2. The van der Waals surface area contributed by atoms with Crippen molar-refractivity contribution in [1.29, 1.82) is 0 Å². The van der Waals surface area contributed by atoms with E-state index >= 15 is 0 Å². The molecular formula is C26H32N2O3S. The maximum Gasteiger partial charge on any atom is 0.183 e. The van der Waals surface area contributed by atoms with Gasteiger partial charge in [0.15, 0.2) is 11.0 Å². The Balaban J connectivity index is 1.54. The zero-order chi connectivity index (χ0) is 23.1. The highest BCUT2D eigenvalue weighted by molar-refractivity contribution is 8.14. The van der Waals surface area contributed by atoms with E-state index in [2.05, 4.69) is 30.4 Å². The van der Waals surface area contributed by atoms with Gasteiger partial charge in [0.25, 0.3) is 0 Å². The highest BCUT2D eigenvalue weighted by Gasteiger charge is 2.62. The first-order chi connectivity index (χ1) is 15.2. The van der Waals surface area contributed by atoms with E-state index in [1.807, 2.05) is 6.08 Å². The molecule has 6 atom stereocenters. The smallest absolute Gasteiger partial charge is 0.183 e. The first-order valence-electron chi connectivity index (χ1n) is 11.5. The molecule has 3 fully saturated rings. The number of ketones is 3. The van der Waals surface area contributed by atoms with E-state index in [0.29, 0.717) is 23.3 Å². The molecule has 0 aliphatic heterocycles.